The zero-order chi connectivity index (χ0) is 12.3. The summed E-state index contributed by atoms with van der Waals surface area (Å²) in [6.07, 6.45) is 7.07. The Balaban J connectivity index is 1.93. The van der Waals surface area contributed by atoms with Crippen LogP contribution in [-0.4, -0.2) is 62.7 Å². The van der Waals surface area contributed by atoms with Crippen LogP contribution in [0.2, 0.25) is 0 Å². The highest BCUT2D eigenvalue weighted by molar-refractivity contribution is 4.89. The van der Waals surface area contributed by atoms with Crippen molar-refractivity contribution >= 4 is 0 Å². The predicted octanol–water partition coefficient (Wildman–Crippen LogP) is 1.40. The number of hydrogen-bond acceptors (Lipinski definition) is 3. The third-order valence-electron chi connectivity index (χ3n) is 4.76. The summed E-state index contributed by atoms with van der Waals surface area (Å²) in [5.41, 5.74) is 0. The first kappa shape index (κ1) is 13.3. The van der Waals surface area contributed by atoms with Gasteiger partial charge in [-0.1, -0.05) is 19.3 Å². The minimum absolute atomic E-state index is 0.672. The van der Waals surface area contributed by atoms with E-state index in [1.807, 2.05) is 0 Å². The molecule has 3 nitrogen and oxygen atoms in total. The normalized spacial score (nSPS) is 30.9. The summed E-state index contributed by atoms with van der Waals surface area (Å²) in [6.45, 7) is 3.72. The molecule has 2 aliphatic rings. The van der Waals surface area contributed by atoms with E-state index in [0.717, 1.165) is 5.92 Å². The zero-order valence-corrected chi connectivity index (χ0v) is 11.8. The van der Waals surface area contributed by atoms with Crippen LogP contribution in [0.15, 0.2) is 0 Å². The molecule has 100 valence electrons. The molecule has 1 N–H and O–H groups in total. The molecule has 3 heteroatoms. The van der Waals surface area contributed by atoms with Crippen molar-refractivity contribution in [3.05, 3.63) is 0 Å². The lowest BCUT2D eigenvalue weighted by atomic mass is 9.79. The summed E-state index contributed by atoms with van der Waals surface area (Å²) < 4.78 is 0. The second-order valence-corrected chi connectivity index (χ2v) is 6.09. The van der Waals surface area contributed by atoms with Crippen molar-refractivity contribution in [3.63, 3.8) is 0 Å². The Morgan fingerprint density at radius 3 is 2.53 bits per heavy atom. The van der Waals surface area contributed by atoms with E-state index >= 15 is 0 Å². The first-order chi connectivity index (χ1) is 8.20. The van der Waals surface area contributed by atoms with Gasteiger partial charge in [-0.25, -0.2) is 0 Å². The lowest BCUT2D eigenvalue weighted by Crippen LogP contribution is -2.52. The molecule has 1 heterocycles. The topological polar surface area (TPSA) is 18.5 Å². The average Bonchev–Trinajstić information content (AvgIpc) is 2.40. The van der Waals surface area contributed by atoms with Crippen molar-refractivity contribution in [3.8, 4) is 0 Å². The Kier molecular flexibility index (Phi) is 4.83. The summed E-state index contributed by atoms with van der Waals surface area (Å²) in [4.78, 5) is 5.07. The Bertz CT molecular complexity index is 228. The maximum Gasteiger partial charge on any atom is 0.0373 e. The molecule has 0 aromatic rings. The summed E-state index contributed by atoms with van der Waals surface area (Å²) in [5, 5.41) is 3.58. The van der Waals surface area contributed by atoms with Gasteiger partial charge in [0.25, 0.3) is 0 Å². The lowest BCUT2D eigenvalue weighted by Gasteiger charge is -2.38. The number of nitrogens with one attached hydrogen (secondary N) is 1. The highest BCUT2D eigenvalue weighted by Gasteiger charge is 2.30. The smallest absolute Gasteiger partial charge is 0.0373 e. The van der Waals surface area contributed by atoms with E-state index in [2.05, 4.69) is 36.3 Å². The van der Waals surface area contributed by atoms with Crippen molar-refractivity contribution in [2.24, 2.45) is 5.92 Å². The van der Waals surface area contributed by atoms with Crippen LogP contribution in [0, 0.1) is 5.92 Å². The molecule has 2 fully saturated rings. The van der Waals surface area contributed by atoms with Gasteiger partial charge >= 0.3 is 0 Å². The van der Waals surface area contributed by atoms with Gasteiger partial charge in [0.1, 0.15) is 0 Å². The fraction of sp³-hybridized carbons (Fsp3) is 1.00. The Morgan fingerprint density at radius 2 is 1.94 bits per heavy atom. The van der Waals surface area contributed by atoms with Crippen molar-refractivity contribution in [2.45, 2.75) is 44.2 Å². The van der Waals surface area contributed by atoms with Gasteiger partial charge in [-0.2, -0.15) is 0 Å². The SMILES string of the molecule is CNC(CC1CCC1)C1CN(C)CCCN1C. The standard InChI is InChI=1S/C14H29N3/c1-15-13(10-12-6-4-7-12)14-11-16(2)8-5-9-17(14)3/h12-15H,4-11H2,1-3H3. The van der Waals surface area contributed by atoms with Crippen LogP contribution < -0.4 is 5.32 Å². The number of nitrogens with zero attached hydrogens (tertiary/aromatic N) is 2. The Morgan fingerprint density at radius 1 is 1.18 bits per heavy atom. The first-order valence-corrected chi connectivity index (χ1v) is 7.26. The van der Waals surface area contributed by atoms with E-state index in [1.54, 1.807) is 0 Å². The second-order valence-electron chi connectivity index (χ2n) is 6.09. The third-order valence-corrected chi connectivity index (χ3v) is 4.76. The molecular weight excluding hydrogens is 210 g/mol. The van der Waals surface area contributed by atoms with E-state index in [9.17, 15) is 0 Å². The van der Waals surface area contributed by atoms with Crippen LogP contribution in [0.4, 0.5) is 0 Å². The van der Waals surface area contributed by atoms with Gasteiger partial charge in [0, 0.05) is 18.6 Å². The largest absolute Gasteiger partial charge is 0.315 e. The van der Waals surface area contributed by atoms with Crippen molar-refractivity contribution in [1.82, 2.24) is 15.1 Å². The van der Waals surface area contributed by atoms with Crippen LogP contribution >= 0.6 is 0 Å². The minimum Gasteiger partial charge on any atom is -0.315 e. The Hall–Kier alpha value is -0.120. The van der Waals surface area contributed by atoms with Crippen LogP contribution in [0.5, 0.6) is 0 Å². The fourth-order valence-electron chi connectivity index (χ4n) is 3.30. The van der Waals surface area contributed by atoms with Gasteiger partial charge in [0.15, 0.2) is 0 Å². The predicted molar refractivity (Wildman–Crippen MR) is 73.3 cm³/mol. The molecule has 0 spiro atoms. The summed E-state index contributed by atoms with van der Waals surface area (Å²) in [7, 11) is 6.71. The van der Waals surface area contributed by atoms with Crippen LogP contribution in [0.25, 0.3) is 0 Å². The fourth-order valence-corrected chi connectivity index (χ4v) is 3.30. The van der Waals surface area contributed by atoms with E-state index in [0.29, 0.717) is 12.1 Å². The molecule has 0 radical (unpaired) electrons. The molecule has 1 saturated carbocycles. The van der Waals surface area contributed by atoms with E-state index in [4.69, 9.17) is 0 Å². The number of likely N-dealkylation sites (N-methyl/N-ethyl adjacent to an activating group) is 3. The molecule has 2 atom stereocenters. The molecule has 0 amide bonds. The molecule has 0 bridgehead atoms. The average molecular weight is 239 g/mol. The monoisotopic (exact) mass is 239 g/mol. The van der Waals surface area contributed by atoms with E-state index < -0.39 is 0 Å². The summed E-state index contributed by atoms with van der Waals surface area (Å²) in [6, 6.07) is 1.36. The highest BCUT2D eigenvalue weighted by Crippen LogP contribution is 2.31. The summed E-state index contributed by atoms with van der Waals surface area (Å²) in [5.74, 6) is 0.995. The number of rotatable bonds is 4. The maximum absolute atomic E-state index is 3.58. The van der Waals surface area contributed by atoms with Gasteiger partial charge in [-0.05, 0) is 53.0 Å². The Labute approximate surface area is 107 Å². The van der Waals surface area contributed by atoms with Crippen molar-refractivity contribution in [1.29, 1.82) is 0 Å². The quantitative estimate of drug-likeness (QED) is 0.800. The summed E-state index contributed by atoms with van der Waals surface area (Å²) >= 11 is 0. The van der Waals surface area contributed by atoms with Crippen LogP contribution in [0.1, 0.15) is 32.1 Å². The molecule has 1 aliphatic heterocycles. The van der Waals surface area contributed by atoms with Gasteiger partial charge in [0.05, 0.1) is 0 Å². The van der Waals surface area contributed by atoms with Crippen molar-refractivity contribution in [2.75, 3.05) is 40.8 Å². The van der Waals surface area contributed by atoms with E-state index in [-0.39, 0.29) is 0 Å². The van der Waals surface area contributed by atoms with Gasteiger partial charge in [0.2, 0.25) is 0 Å². The van der Waals surface area contributed by atoms with Gasteiger partial charge in [-0.15, -0.1) is 0 Å². The van der Waals surface area contributed by atoms with Gasteiger partial charge < -0.3 is 15.1 Å². The molecule has 0 aromatic carbocycles. The molecule has 17 heavy (non-hydrogen) atoms. The maximum atomic E-state index is 3.58. The zero-order valence-electron chi connectivity index (χ0n) is 11.8. The molecule has 2 unspecified atom stereocenters. The number of hydrogen-bond donors (Lipinski definition) is 1. The van der Waals surface area contributed by atoms with Crippen LogP contribution in [0.3, 0.4) is 0 Å². The van der Waals surface area contributed by atoms with Crippen molar-refractivity contribution < 1.29 is 0 Å². The van der Waals surface area contributed by atoms with Crippen LogP contribution in [-0.2, 0) is 0 Å². The second kappa shape index (κ2) is 6.17. The third kappa shape index (κ3) is 3.43. The molecule has 2 rings (SSSR count). The first-order valence-electron chi connectivity index (χ1n) is 7.26. The van der Waals surface area contributed by atoms with Gasteiger partial charge in [-0.3, -0.25) is 0 Å². The lowest BCUT2D eigenvalue weighted by molar-refractivity contribution is 0.149. The highest BCUT2D eigenvalue weighted by atomic mass is 15.2. The molecule has 0 aromatic heterocycles. The minimum atomic E-state index is 0.672. The molecule has 1 aliphatic carbocycles. The molecular formula is C14H29N3. The van der Waals surface area contributed by atoms with E-state index in [1.165, 1.54) is 51.7 Å². The molecule has 1 saturated heterocycles.